The van der Waals surface area contributed by atoms with Gasteiger partial charge >= 0.3 is 6.09 Å². The summed E-state index contributed by atoms with van der Waals surface area (Å²) in [5.74, 6) is 0.857. The Kier molecular flexibility index (Phi) is 4.88. The van der Waals surface area contributed by atoms with Crippen molar-refractivity contribution in [1.29, 1.82) is 0 Å². The lowest BCUT2D eigenvalue weighted by molar-refractivity contribution is 0.0260. The van der Waals surface area contributed by atoms with Crippen LogP contribution in [-0.4, -0.2) is 55.3 Å². The molecule has 8 heteroatoms. The van der Waals surface area contributed by atoms with E-state index in [1.54, 1.807) is 4.90 Å². The Morgan fingerprint density at radius 2 is 1.85 bits per heavy atom. The number of aromatic nitrogens is 1. The molecule has 0 atom stereocenters. The number of anilines is 1. The number of rotatable bonds is 3. The van der Waals surface area contributed by atoms with Crippen LogP contribution in [0.1, 0.15) is 56.6 Å². The highest BCUT2D eigenvalue weighted by Gasteiger charge is 2.46. The van der Waals surface area contributed by atoms with E-state index in [2.05, 4.69) is 0 Å². The van der Waals surface area contributed by atoms with Crippen molar-refractivity contribution in [2.24, 2.45) is 0 Å². The Morgan fingerprint density at radius 1 is 1.15 bits per heavy atom. The third-order valence-electron chi connectivity index (χ3n) is 6.11. The Morgan fingerprint density at radius 3 is 2.52 bits per heavy atom. The highest BCUT2D eigenvalue weighted by Crippen LogP contribution is 2.38. The minimum absolute atomic E-state index is 0.213. The van der Waals surface area contributed by atoms with E-state index in [4.69, 9.17) is 9.72 Å². The number of amides is 1. The molecular weight excluding hydrogens is 366 g/mol. The molecule has 0 bridgehead atoms. The van der Waals surface area contributed by atoms with Gasteiger partial charge in [-0.25, -0.2) is 22.5 Å². The van der Waals surface area contributed by atoms with Crippen LogP contribution in [0.3, 0.4) is 0 Å². The molecule has 2 aliphatic heterocycles. The van der Waals surface area contributed by atoms with E-state index in [1.165, 1.54) is 17.0 Å². The van der Waals surface area contributed by atoms with Crippen molar-refractivity contribution in [2.45, 2.75) is 56.5 Å². The fraction of sp³-hybridized carbons (Fsp3) is 0.684. The second kappa shape index (κ2) is 7.05. The first-order chi connectivity index (χ1) is 12.9. The normalized spacial score (nSPS) is 24.3. The van der Waals surface area contributed by atoms with E-state index < -0.39 is 10.0 Å². The minimum Gasteiger partial charge on any atom is -0.441 e. The Balaban J connectivity index is 1.48. The average molecular weight is 394 g/mol. The van der Waals surface area contributed by atoms with Gasteiger partial charge in [-0.2, -0.15) is 0 Å². The Labute approximate surface area is 160 Å². The predicted octanol–water partition coefficient (Wildman–Crippen LogP) is 2.88. The maximum Gasteiger partial charge on any atom is 0.416 e. The number of sulfonamides is 1. The van der Waals surface area contributed by atoms with Crippen molar-refractivity contribution in [3.8, 4) is 0 Å². The summed E-state index contributed by atoms with van der Waals surface area (Å²) in [7, 11) is -3.13. The molecule has 0 radical (unpaired) electrons. The number of ether oxygens (including phenoxy) is 1. The molecule has 27 heavy (non-hydrogen) atoms. The van der Waals surface area contributed by atoms with Crippen LogP contribution in [0, 0.1) is 0 Å². The lowest BCUT2D eigenvalue weighted by Crippen LogP contribution is -2.37. The number of carbonyl (C=O) groups is 1. The molecule has 1 aromatic heterocycles. The van der Waals surface area contributed by atoms with E-state index in [-0.39, 0.29) is 17.6 Å². The zero-order chi connectivity index (χ0) is 19.1. The molecule has 0 unspecified atom stereocenters. The third kappa shape index (κ3) is 3.82. The van der Waals surface area contributed by atoms with Gasteiger partial charge in [0.25, 0.3) is 0 Å². The Bertz CT molecular complexity index is 812. The van der Waals surface area contributed by atoms with Crippen molar-refractivity contribution in [3.63, 3.8) is 0 Å². The molecule has 0 aromatic carbocycles. The highest BCUT2D eigenvalue weighted by atomic mass is 32.2. The summed E-state index contributed by atoms with van der Waals surface area (Å²) in [6.45, 7) is 1.61. The molecule has 4 rings (SSSR count). The van der Waals surface area contributed by atoms with Gasteiger partial charge in [-0.05, 0) is 50.7 Å². The predicted molar refractivity (Wildman–Crippen MR) is 102 cm³/mol. The summed E-state index contributed by atoms with van der Waals surface area (Å²) in [4.78, 5) is 18.9. The molecule has 3 heterocycles. The Hall–Kier alpha value is -1.67. The van der Waals surface area contributed by atoms with E-state index in [0.717, 1.165) is 44.2 Å². The molecule has 1 amide bonds. The monoisotopic (exact) mass is 393 g/mol. The van der Waals surface area contributed by atoms with E-state index in [1.807, 2.05) is 18.2 Å². The number of nitrogens with zero attached hydrogens (tertiary/aromatic N) is 3. The van der Waals surface area contributed by atoms with Crippen LogP contribution in [0.4, 0.5) is 10.6 Å². The van der Waals surface area contributed by atoms with Gasteiger partial charge in [-0.15, -0.1) is 0 Å². The molecule has 1 spiro atoms. The lowest BCUT2D eigenvalue weighted by Gasteiger charge is -2.31. The van der Waals surface area contributed by atoms with E-state index >= 15 is 0 Å². The maximum atomic E-state index is 12.5. The largest absolute Gasteiger partial charge is 0.441 e. The highest BCUT2D eigenvalue weighted by molar-refractivity contribution is 7.88. The fourth-order valence-electron chi connectivity index (χ4n) is 4.56. The second-order valence-corrected chi connectivity index (χ2v) is 10.0. The zero-order valence-corrected chi connectivity index (χ0v) is 16.6. The van der Waals surface area contributed by atoms with Crippen LogP contribution < -0.4 is 4.90 Å². The lowest BCUT2D eigenvalue weighted by atomic mass is 9.85. The van der Waals surface area contributed by atoms with Gasteiger partial charge in [0, 0.05) is 24.7 Å². The molecule has 7 nitrogen and oxygen atoms in total. The van der Waals surface area contributed by atoms with Gasteiger partial charge in [-0.3, -0.25) is 4.90 Å². The number of piperidine rings is 1. The topological polar surface area (TPSA) is 79.8 Å². The first kappa shape index (κ1) is 18.7. The van der Waals surface area contributed by atoms with Gasteiger partial charge in [0.1, 0.15) is 11.4 Å². The molecule has 3 aliphatic rings. The van der Waals surface area contributed by atoms with Gasteiger partial charge < -0.3 is 4.74 Å². The molecular formula is C19H27N3O4S. The van der Waals surface area contributed by atoms with Crippen LogP contribution in [0.25, 0.3) is 0 Å². The molecule has 1 aromatic rings. The summed E-state index contributed by atoms with van der Waals surface area (Å²) in [5, 5.41) is 0. The SMILES string of the molecule is CS(=O)(=O)N1CCC(c2cccc(N3CC4(CCCCC4)OC3=O)n2)CC1. The molecule has 3 fully saturated rings. The summed E-state index contributed by atoms with van der Waals surface area (Å²) >= 11 is 0. The average Bonchev–Trinajstić information content (AvgIpc) is 2.97. The number of hydrogen-bond donors (Lipinski definition) is 0. The zero-order valence-electron chi connectivity index (χ0n) is 15.8. The summed E-state index contributed by atoms with van der Waals surface area (Å²) < 4.78 is 30.7. The third-order valence-corrected chi connectivity index (χ3v) is 7.41. The van der Waals surface area contributed by atoms with Crippen molar-refractivity contribution < 1.29 is 17.9 Å². The second-order valence-electron chi connectivity index (χ2n) is 8.05. The van der Waals surface area contributed by atoms with Crippen LogP contribution >= 0.6 is 0 Å². The molecule has 1 aliphatic carbocycles. The van der Waals surface area contributed by atoms with Crippen LogP contribution in [0.5, 0.6) is 0 Å². The summed E-state index contributed by atoms with van der Waals surface area (Å²) in [5.41, 5.74) is 0.589. The fourth-order valence-corrected chi connectivity index (χ4v) is 5.43. The summed E-state index contributed by atoms with van der Waals surface area (Å²) in [6, 6.07) is 5.76. The van der Waals surface area contributed by atoms with Gasteiger partial charge in [0.15, 0.2) is 0 Å². The summed E-state index contributed by atoms with van der Waals surface area (Å²) in [6.07, 6.45) is 7.73. The van der Waals surface area contributed by atoms with Gasteiger partial charge in [0.05, 0.1) is 12.8 Å². The van der Waals surface area contributed by atoms with Gasteiger partial charge in [0.2, 0.25) is 10.0 Å². The first-order valence-corrected chi connectivity index (χ1v) is 11.6. The standard InChI is InChI=1S/C19H27N3O4S/c1-27(24,25)21-12-8-15(9-13-21)16-6-5-7-17(20-16)22-14-19(26-18(22)23)10-3-2-4-11-19/h5-7,15H,2-4,8-14H2,1H3. The number of hydrogen-bond acceptors (Lipinski definition) is 5. The quantitative estimate of drug-likeness (QED) is 0.789. The number of pyridine rings is 1. The van der Waals surface area contributed by atoms with E-state index in [9.17, 15) is 13.2 Å². The van der Waals surface area contributed by atoms with Crippen LogP contribution in [-0.2, 0) is 14.8 Å². The van der Waals surface area contributed by atoms with E-state index in [0.29, 0.717) is 25.5 Å². The van der Waals surface area contributed by atoms with Crippen molar-refractivity contribution in [3.05, 3.63) is 23.9 Å². The van der Waals surface area contributed by atoms with Crippen molar-refractivity contribution in [1.82, 2.24) is 9.29 Å². The molecule has 1 saturated carbocycles. The molecule has 0 N–H and O–H groups in total. The molecule has 2 saturated heterocycles. The molecule has 148 valence electrons. The maximum absolute atomic E-state index is 12.5. The van der Waals surface area contributed by atoms with Crippen LogP contribution in [0.15, 0.2) is 18.2 Å². The van der Waals surface area contributed by atoms with Crippen molar-refractivity contribution in [2.75, 3.05) is 30.8 Å². The van der Waals surface area contributed by atoms with Crippen LogP contribution in [0.2, 0.25) is 0 Å². The van der Waals surface area contributed by atoms with Crippen molar-refractivity contribution >= 4 is 21.9 Å². The number of carbonyl (C=O) groups excluding carboxylic acids is 1. The smallest absolute Gasteiger partial charge is 0.416 e. The first-order valence-electron chi connectivity index (χ1n) is 9.79. The minimum atomic E-state index is -3.13. The van der Waals surface area contributed by atoms with Gasteiger partial charge in [-0.1, -0.05) is 12.5 Å².